The number of hydrogen-bond acceptors (Lipinski definition) is 1. The highest BCUT2D eigenvalue weighted by atomic mass is 15.2. The van der Waals surface area contributed by atoms with Gasteiger partial charge in [0.25, 0.3) is 0 Å². The predicted octanol–water partition coefficient (Wildman–Crippen LogP) is 1.39. The van der Waals surface area contributed by atoms with E-state index in [9.17, 15) is 0 Å². The zero-order chi connectivity index (χ0) is 7.40. The van der Waals surface area contributed by atoms with Gasteiger partial charge in [-0.1, -0.05) is 0 Å². The lowest BCUT2D eigenvalue weighted by molar-refractivity contribution is 0.281. The Bertz CT molecular complexity index is 137. The molecule has 0 radical (unpaired) electrons. The van der Waals surface area contributed by atoms with Crippen molar-refractivity contribution >= 4 is 0 Å². The van der Waals surface area contributed by atoms with E-state index in [4.69, 9.17) is 6.57 Å². The van der Waals surface area contributed by atoms with E-state index in [0.717, 1.165) is 12.6 Å². The fourth-order valence-corrected chi connectivity index (χ4v) is 1.50. The van der Waals surface area contributed by atoms with Gasteiger partial charge in [-0.3, -0.25) is 4.90 Å². The monoisotopic (exact) mass is 138 g/mol. The van der Waals surface area contributed by atoms with Gasteiger partial charge in [0, 0.05) is 6.04 Å². The first kappa shape index (κ1) is 7.56. The van der Waals surface area contributed by atoms with E-state index in [1.54, 1.807) is 0 Å². The third kappa shape index (κ3) is 1.71. The van der Waals surface area contributed by atoms with Gasteiger partial charge in [-0.05, 0) is 26.3 Å². The number of likely N-dealkylation sites (tertiary alicyclic amines) is 1. The largest absolute Gasteiger partial charge is 0.316 e. The van der Waals surface area contributed by atoms with Gasteiger partial charge >= 0.3 is 0 Å². The fourth-order valence-electron chi connectivity index (χ4n) is 1.50. The van der Waals surface area contributed by atoms with Crippen molar-refractivity contribution in [2.45, 2.75) is 25.8 Å². The second-order valence-corrected chi connectivity index (χ2v) is 2.91. The van der Waals surface area contributed by atoms with Crippen molar-refractivity contribution in [1.82, 2.24) is 4.90 Å². The molecule has 1 aliphatic heterocycles. The summed E-state index contributed by atoms with van der Waals surface area (Å²) in [5.74, 6) is 0. The smallest absolute Gasteiger partial charge is 0.227 e. The minimum Gasteiger partial charge on any atom is -0.316 e. The van der Waals surface area contributed by atoms with E-state index in [2.05, 4.69) is 16.7 Å². The third-order valence-corrected chi connectivity index (χ3v) is 2.19. The van der Waals surface area contributed by atoms with Crippen molar-refractivity contribution < 1.29 is 0 Å². The van der Waals surface area contributed by atoms with E-state index < -0.39 is 0 Å². The molecule has 56 valence electrons. The Labute approximate surface area is 62.7 Å². The Hall–Kier alpha value is -0.550. The minimum atomic E-state index is 0.671. The highest BCUT2D eigenvalue weighted by Gasteiger charge is 2.19. The molecule has 1 unspecified atom stereocenters. The maximum absolute atomic E-state index is 6.63. The van der Waals surface area contributed by atoms with Gasteiger partial charge in [0.05, 0.1) is 6.54 Å². The second-order valence-electron chi connectivity index (χ2n) is 2.91. The zero-order valence-electron chi connectivity index (χ0n) is 6.51. The molecule has 0 aliphatic carbocycles. The van der Waals surface area contributed by atoms with Gasteiger partial charge in [0.1, 0.15) is 0 Å². The molecule has 0 saturated carbocycles. The lowest BCUT2D eigenvalue weighted by Crippen LogP contribution is -2.28. The summed E-state index contributed by atoms with van der Waals surface area (Å²) in [6.07, 6.45) is 2.64. The molecule has 1 atom stereocenters. The van der Waals surface area contributed by atoms with Crippen molar-refractivity contribution in [2.24, 2.45) is 0 Å². The van der Waals surface area contributed by atoms with E-state index in [1.165, 1.54) is 19.4 Å². The quantitative estimate of drug-likeness (QED) is 0.523. The van der Waals surface area contributed by atoms with Crippen molar-refractivity contribution in [3.05, 3.63) is 11.4 Å². The van der Waals surface area contributed by atoms with Gasteiger partial charge in [0.2, 0.25) is 6.54 Å². The Morgan fingerprint density at radius 2 is 2.50 bits per heavy atom. The Balaban J connectivity index is 2.21. The van der Waals surface area contributed by atoms with Crippen molar-refractivity contribution in [1.29, 1.82) is 0 Å². The Morgan fingerprint density at radius 1 is 1.70 bits per heavy atom. The Kier molecular flexibility index (Phi) is 2.70. The highest BCUT2D eigenvalue weighted by molar-refractivity contribution is 4.77. The summed E-state index contributed by atoms with van der Waals surface area (Å²) in [4.78, 5) is 5.74. The van der Waals surface area contributed by atoms with Crippen LogP contribution < -0.4 is 0 Å². The lowest BCUT2D eigenvalue weighted by Gasteiger charge is -2.17. The second kappa shape index (κ2) is 3.58. The van der Waals surface area contributed by atoms with E-state index in [0.29, 0.717) is 6.54 Å². The molecule has 0 aromatic carbocycles. The maximum Gasteiger partial charge on any atom is 0.227 e. The summed E-state index contributed by atoms with van der Waals surface area (Å²) in [6.45, 7) is 11.7. The standard InChI is InChI=1S/C8H14N2/c1-8-4-3-6-10(8)7-5-9-2/h8H,3-7H2,1H3. The van der Waals surface area contributed by atoms with Gasteiger partial charge < -0.3 is 4.85 Å². The number of nitrogens with zero attached hydrogens (tertiary/aromatic N) is 2. The highest BCUT2D eigenvalue weighted by Crippen LogP contribution is 2.15. The lowest BCUT2D eigenvalue weighted by atomic mass is 10.2. The molecule has 1 saturated heterocycles. The van der Waals surface area contributed by atoms with Crippen LogP contribution >= 0.6 is 0 Å². The van der Waals surface area contributed by atoms with Crippen molar-refractivity contribution in [2.75, 3.05) is 19.6 Å². The molecule has 1 aliphatic rings. The van der Waals surface area contributed by atoms with Crippen LogP contribution in [0.5, 0.6) is 0 Å². The molecule has 2 nitrogen and oxygen atoms in total. The molecule has 0 spiro atoms. The third-order valence-electron chi connectivity index (χ3n) is 2.19. The molecule has 0 bridgehead atoms. The maximum atomic E-state index is 6.63. The molecule has 0 aromatic heterocycles. The average Bonchev–Trinajstić information content (AvgIpc) is 2.31. The Morgan fingerprint density at radius 3 is 3.00 bits per heavy atom. The molecule has 0 aromatic rings. The van der Waals surface area contributed by atoms with Crippen LogP contribution in [0.4, 0.5) is 0 Å². The molecule has 1 rings (SSSR count). The molecular weight excluding hydrogens is 124 g/mol. The summed E-state index contributed by atoms with van der Waals surface area (Å²) >= 11 is 0. The number of rotatable bonds is 2. The molecule has 10 heavy (non-hydrogen) atoms. The van der Waals surface area contributed by atoms with E-state index >= 15 is 0 Å². The van der Waals surface area contributed by atoms with Crippen LogP contribution in [0, 0.1) is 6.57 Å². The topological polar surface area (TPSA) is 7.60 Å². The summed E-state index contributed by atoms with van der Waals surface area (Å²) in [7, 11) is 0. The summed E-state index contributed by atoms with van der Waals surface area (Å²) in [5, 5.41) is 0. The molecule has 2 heteroatoms. The average molecular weight is 138 g/mol. The van der Waals surface area contributed by atoms with Gasteiger partial charge in [-0.15, -0.1) is 0 Å². The van der Waals surface area contributed by atoms with E-state index in [1.807, 2.05) is 0 Å². The van der Waals surface area contributed by atoms with Crippen LogP contribution in [-0.4, -0.2) is 30.6 Å². The SMILES string of the molecule is [C-]#[N+]CCN1CCCC1C. The first-order valence-electron chi connectivity index (χ1n) is 3.92. The molecule has 0 amide bonds. The van der Waals surface area contributed by atoms with Crippen LogP contribution in [0.1, 0.15) is 19.8 Å². The van der Waals surface area contributed by atoms with Crippen molar-refractivity contribution in [3.63, 3.8) is 0 Å². The molecule has 1 heterocycles. The van der Waals surface area contributed by atoms with Crippen LogP contribution in [0.25, 0.3) is 4.85 Å². The molecular formula is C8H14N2. The molecule has 1 fully saturated rings. The summed E-state index contributed by atoms with van der Waals surface area (Å²) in [5.41, 5.74) is 0. The first-order chi connectivity index (χ1) is 4.84. The summed E-state index contributed by atoms with van der Waals surface area (Å²) < 4.78 is 0. The van der Waals surface area contributed by atoms with Gasteiger partial charge in [0.15, 0.2) is 0 Å². The van der Waals surface area contributed by atoms with Gasteiger partial charge in [-0.25, -0.2) is 6.57 Å². The fraction of sp³-hybridized carbons (Fsp3) is 0.875. The normalized spacial score (nSPS) is 26.6. The van der Waals surface area contributed by atoms with Crippen LogP contribution in [0.3, 0.4) is 0 Å². The van der Waals surface area contributed by atoms with Crippen LogP contribution in [0.2, 0.25) is 0 Å². The predicted molar refractivity (Wildman–Crippen MR) is 41.7 cm³/mol. The van der Waals surface area contributed by atoms with Crippen LogP contribution in [-0.2, 0) is 0 Å². The van der Waals surface area contributed by atoms with Gasteiger partial charge in [-0.2, -0.15) is 0 Å². The first-order valence-corrected chi connectivity index (χ1v) is 3.92. The number of hydrogen-bond donors (Lipinski definition) is 0. The molecule has 0 N–H and O–H groups in total. The van der Waals surface area contributed by atoms with E-state index in [-0.39, 0.29) is 0 Å². The minimum absolute atomic E-state index is 0.671. The zero-order valence-corrected chi connectivity index (χ0v) is 6.51. The van der Waals surface area contributed by atoms with Crippen LogP contribution in [0.15, 0.2) is 0 Å². The summed E-state index contributed by atoms with van der Waals surface area (Å²) in [6, 6.07) is 0.724. The van der Waals surface area contributed by atoms with Crippen molar-refractivity contribution in [3.8, 4) is 0 Å².